The second-order valence-corrected chi connectivity index (χ2v) is 21.0. The molecule has 9 nitrogen and oxygen atoms in total. The van der Waals surface area contributed by atoms with E-state index in [9.17, 15) is 13.2 Å². The number of aromatic nitrogens is 5. The number of ether oxygens (including phenoxy) is 3. The minimum atomic E-state index is -4.64. The minimum absolute atomic E-state index is 0.0314. The molecule has 4 aromatic rings. The third-order valence-corrected chi connectivity index (χ3v) is 12.2. The third kappa shape index (κ3) is 6.98. The summed E-state index contributed by atoms with van der Waals surface area (Å²) in [6.45, 7) is 10.3. The van der Waals surface area contributed by atoms with Crippen molar-refractivity contribution in [3.05, 3.63) is 34.9 Å². The van der Waals surface area contributed by atoms with Gasteiger partial charge in [-0.05, 0) is 74.7 Å². The number of rotatable bonds is 12. The molecule has 5 heterocycles. The zero-order valence-corrected chi connectivity index (χ0v) is 29.9. The van der Waals surface area contributed by atoms with Crippen LogP contribution in [0.3, 0.4) is 0 Å². The highest BCUT2D eigenvalue weighted by molar-refractivity contribution is 6.76. The van der Waals surface area contributed by atoms with Crippen LogP contribution in [0.25, 0.3) is 33.1 Å². The standard InChI is InChI=1S/C34H41ClF4N6O3Si/c1-20-13-21(20)26-24(35)14-25-22(16-41-45(25)19-46-11-12-49(2,3)4)27(26)30-28(36)29-23(15-40-30)31(47-18-34(37,38)39)43-32(42-29)48-17-33-7-5-9-44(33)10-6-8-33/h14-16,20-21H,5-13,17-19H2,1-4H3/t20-,21+/m1/s1. The second-order valence-electron chi connectivity index (χ2n) is 15.0. The first-order valence-electron chi connectivity index (χ1n) is 16.9. The predicted octanol–water partition coefficient (Wildman–Crippen LogP) is 8.22. The van der Waals surface area contributed by atoms with E-state index in [1.807, 2.05) is 6.07 Å². The Balaban J connectivity index is 1.31. The lowest BCUT2D eigenvalue weighted by molar-refractivity contribution is -0.153. The molecule has 49 heavy (non-hydrogen) atoms. The van der Waals surface area contributed by atoms with Crippen molar-refractivity contribution in [3.63, 3.8) is 0 Å². The van der Waals surface area contributed by atoms with Crippen molar-refractivity contribution in [3.8, 4) is 23.1 Å². The lowest BCUT2D eigenvalue weighted by atomic mass is 9.95. The summed E-state index contributed by atoms with van der Waals surface area (Å²) in [7, 11) is -1.30. The average molecular weight is 721 g/mol. The van der Waals surface area contributed by atoms with Crippen LogP contribution < -0.4 is 9.47 Å². The van der Waals surface area contributed by atoms with Crippen molar-refractivity contribution < 1.29 is 31.8 Å². The summed E-state index contributed by atoms with van der Waals surface area (Å²) in [4.78, 5) is 15.4. The van der Waals surface area contributed by atoms with Crippen molar-refractivity contribution in [1.82, 2.24) is 29.6 Å². The van der Waals surface area contributed by atoms with Crippen LogP contribution in [0, 0.1) is 11.7 Å². The van der Waals surface area contributed by atoms with Crippen molar-refractivity contribution in [2.24, 2.45) is 5.92 Å². The highest BCUT2D eigenvalue weighted by atomic mass is 35.5. The Morgan fingerprint density at radius 1 is 1.06 bits per heavy atom. The maximum absolute atomic E-state index is 16.9. The fourth-order valence-electron chi connectivity index (χ4n) is 7.35. The molecule has 0 N–H and O–H groups in total. The number of alkyl halides is 3. The lowest BCUT2D eigenvalue weighted by Crippen LogP contribution is -2.43. The van der Waals surface area contributed by atoms with Crippen molar-refractivity contribution >= 4 is 41.5 Å². The molecule has 3 aromatic heterocycles. The van der Waals surface area contributed by atoms with E-state index in [1.165, 1.54) is 6.20 Å². The molecule has 0 amide bonds. The fourth-order valence-corrected chi connectivity index (χ4v) is 8.44. The Morgan fingerprint density at radius 3 is 2.47 bits per heavy atom. The Hall–Kier alpha value is -3.07. The van der Waals surface area contributed by atoms with Gasteiger partial charge in [-0.1, -0.05) is 38.2 Å². The van der Waals surface area contributed by atoms with Gasteiger partial charge in [-0.3, -0.25) is 9.88 Å². The lowest BCUT2D eigenvalue weighted by Gasteiger charge is -2.31. The summed E-state index contributed by atoms with van der Waals surface area (Å²) in [6, 6.07) is 2.58. The van der Waals surface area contributed by atoms with Gasteiger partial charge in [-0.15, -0.1) is 0 Å². The molecule has 2 aliphatic heterocycles. The van der Waals surface area contributed by atoms with Crippen LogP contribution >= 0.6 is 11.6 Å². The Labute approximate surface area is 288 Å². The summed E-state index contributed by atoms with van der Waals surface area (Å²) >= 11 is 6.96. The number of hydrogen-bond acceptors (Lipinski definition) is 8. The first kappa shape index (κ1) is 34.4. The smallest absolute Gasteiger partial charge is 0.422 e. The summed E-state index contributed by atoms with van der Waals surface area (Å²) < 4.78 is 75.6. The summed E-state index contributed by atoms with van der Waals surface area (Å²) in [5, 5.41) is 5.57. The average Bonchev–Trinajstić information content (AvgIpc) is 3.32. The van der Waals surface area contributed by atoms with Crippen molar-refractivity contribution in [2.45, 2.75) is 89.1 Å². The molecular formula is C34H41ClF4N6O3Si. The monoisotopic (exact) mass is 720 g/mol. The molecule has 1 aromatic carbocycles. The zero-order chi connectivity index (χ0) is 34.7. The molecule has 2 saturated heterocycles. The van der Waals surface area contributed by atoms with Crippen LogP contribution in [0.4, 0.5) is 17.6 Å². The van der Waals surface area contributed by atoms with Gasteiger partial charge in [0, 0.05) is 36.8 Å². The summed E-state index contributed by atoms with van der Waals surface area (Å²) in [6.07, 6.45) is 3.08. The van der Waals surface area contributed by atoms with Crippen molar-refractivity contribution in [2.75, 3.05) is 32.9 Å². The topological polar surface area (TPSA) is 87.4 Å². The number of benzene rings is 1. The van der Waals surface area contributed by atoms with Gasteiger partial charge in [0.1, 0.15) is 24.5 Å². The van der Waals surface area contributed by atoms with Crippen molar-refractivity contribution in [1.29, 1.82) is 0 Å². The number of fused-ring (bicyclic) bond motifs is 3. The highest BCUT2D eigenvalue weighted by Gasteiger charge is 2.45. The summed E-state index contributed by atoms with van der Waals surface area (Å²) in [5.41, 5.74) is 1.43. The molecule has 264 valence electrons. The van der Waals surface area contributed by atoms with Gasteiger partial charge in [-0.25, -0.2) is 9.07 Å². The van der Waals surface area contributed by atoms with Gasteiger partial charge < -0.3 is 14.2 Å². The van der Waals surface area contributed by atoms with E-state index in [1.54, 1.807) is 10.9 Å². The highest BCUT2D eigenvalue weighted by Crippen LogP contribution is 2.54. The molecule has 3 aliphatic rings. The second kappa shape index (κ2) is 12.9. The molecule has 0 bridgehead atoms. The molecule has 1 aliphatic carbocycles. The molecule has 7 rings (SSSR count). The van der Waals surface area contributed by atoms with Crippen LogP contribution in [0.2, 0.25) is 30.7 Å². The van der Waals surface area contributed by atoms with E-state index in [0.29, 0.717) is 34.0 Å². The van der Waals surface area contributed by atoms with Gasteiger partial charge in [0.25, 0.3) is 0 Å². The van der Waals surface area contributed by atoms with Crippen LogP contribution in [0.1, 0.15) is 50.5 Å². The number of halogens is 5. The molecule has 0 radical (unpaired) electrons. The van der Waals surface area contributed by atoms with E-state index in [2.05, 4.69) is 51.5 Å². The first-order valence-corrected chi connectivity index (χ1v) is 21.0. The quantitative estimate of drug-likeness (QED) is 0.0823. The fraction of sp³-hybridized carbons (Fsp3) is 0.588. The Morgan fingerprint density at radius 2 is 1.80 bits per heavy atom. The van der Waals surface area contributed by atoms with Crippen LogP contribution in [-0.4, -0.2) is 82.3 Å². The summed E-state index contributed by atoms with van der Waals surface area (Å²) in [5.74, 6) is -0.874. The predicted molar refractivity (Wildman–Crippen MR) is 181 cm³/mol. The van der Waals surface area contributed by atoms with E-state index in [0.717, 1.165) is 56.8 Å². The van der Waals surface area contributed by atoms with E-state index in [4.69, 9.17) is 25.8 Å². The van der Waals surface area contributed by atoms with Gasteiger partial charge >= 0.3 is 12.2 Å². The van der Waals surface area contributed by atoms with Gasteiger partial charge in [0.2, 0.25) is 5.88 Å². The molecule has 1 saturated carbocycles. The van der Waals surface area contributed by atoms with Crippen LogP contribution in [0.5, 0.6) is 11.9 Å². The maximum Gasteiger partial charge on any atom is 0.422 e. The number of hydrogen-bond donors (Lipinski definition) is 0. The number of nitrogens with zero attached hydrogens (tertiary/aromatic N) is 6. The third-order valence-electron chi connectivity index (χ3n) is 10.1. The van der Waals surface area contributed by atoms with Gasteiger partial charge in [0.05, 0.1) is 22.6 Å². The molecule has 2 atom stereocenters. The molecular weight excluding hydrogens is 680 g/mol. The molecule has 0 unspecified atom stereocenters. The van der Waals surface area contributed by atoms with Crippen LogP contribution in [0.15, 0.2) is 18.5 Å². The maximum atomic E-state index is 16.9. The normalized spacial score (nSPS) is 20.8. The molecule has 15 heteroatoms. The SMILES string of the molecule is C[C@@H]1C[C@@H]1c1c(Cl)cc2c(cnn2COCC[Si](C)(C)C)c1-c1ncc2c(OCC(F)(F)F)nc(OCC34CCCN3CCC4)nc2c1F. The minimum Gasteiger partial charge on any atom is -0.467 e. The van der Waals surface area contributed by atoms with Gasteiger partial charge in [-0.2, -0.15) is 28.2 Å². The van der Waals surface area contributed by atoms with E-state index < -0.39 is 32.6 Å². The van der Waals surface area contributed by atoms with E-state index in [-0.39, 0.29) is 47.4 Å². The number of pyridine rings is 1. The van der Waals surface area contributed by atoms with Gasteiger partial charge in [0.15, 0.2) is 12.4 Å². The Bertz CT molecular complexity index is 1870. The zero-order valence-electron chi connectivity index (χ0n) is 28.2. The first-order chi connectivity index (χ1) is 23.2. The molecule has 3 fully saturated rings. The molecule has 0 spiro atoms. The van der Waals surface area contributed by atoms with Crippen LogP contribution in [-0.2, 0) is 11.5 Å². The largest absolute Gasteiger partial charge is 0.467 e. The van der Waals surface area contributed by atoms with E-state index >= 15 is 4.39 Å². The Kier molecular flexibility index (Phi) is 9.06.